The summed E-state index contributed by atoms with van der Waals surface area (Å²) in [4.78, 5) is 11.6. The fourth-order valence-corrected chi connectivity index (χ4v) is 2.00. The highest BCUT2D eigenvalue weighted by Crippen LogP contribution is 2.42. The molecule has 1 saturated heterocycles. The summed E-state index contributed by atoms with van der Waals surface area (Å²) in [6, 6.07) is 0. The van der Waals surface area contributed by atoms with Crippen LogP contribution in [0.25, 0.3) is 0 Å². The monoisotopic (exact) mass is 182 g/mol. The van der Waals surface area contributed by atoms with E-state index in [4.69, 9.17) is 4.74 Å². The van der Waals surface area contributed by atoms with Crippen molar-refractivity contribution in [2.45, 2.75) is 33.6 Å². The molecular formula is C11H18O2. The lowest BCUT2D eigenvalue weighted by molar-refractivity contribution is -0.145. The van der Waals surface area contributed by atoms with E-state index in [-0.39, 0.29) is 11.4 Å². The van der Waals surface area contributed by atoms with Crippen molar-refractivity contribution in [2.24, 2.45) is 11.3 Å². The van der Waals surface area contributed by atoms with E-state index in [1.807, 2.05) is 6.92 Å². The molecule has 0 unspecified atom stereocenters. The molecule has 0 spiro atoms. The molecular weight excluding hydrogens is 164 g/mol. The SMILES string of the molecule is C=C(C)[C@@]1(CC(C)C)CCOC1=O. The van der Waals surface area contributed by atoms with Gasteiger partial charge in [0.2, 0.25) is 0 Å². The van der Waals surface area contributed by atoms with E-state index in [1.165, 1.54) is 0 Å². The maximum Gasteiger partial charge on any atom is 0.316 e. The Bertz CT molecular complexity index is 230. The number of esters is 1. The predicted molar refractivity (Wildman–Crippen MR) is 52.3 cm³/mol. The molecule has 0 aromatic carbocycles. The van der Waals surface area contributed by atoms with Gasteiger partial charge in [0.25, 0.3) is 0 Å². The Kier molecular flexibility index (Phi) is 2.79. The zero-order chi connectivity index (χ0) is 10.1. The second kappa shape index (κ2) is 3.52. The van der Waals surface area contributed by atoms with E-state index >= 15 is 0 Å². The van der Waals surface area contributed by atoms with Crippen LogP contribution in [0.3, 0.4) is 0 Å². The largest absolute Gasteiger partial charge is 0.465 e. The van der Waals surface area contributed by atoms with Gasteiger partial charge in [-0.15, -0.1) is 0 Å². The summed E-state index contributed by atoms with van der Waals surface area (Å²) < 4.78 is 5.03. The maximum absolute atomic E-state index is 11.6. The van der Waals surface area contributed by atoms with Gasteiger partial charge in [-0.05, 0) is 19.3 Å². The van der Waals surface area contributed by atoms with Crippen molar-refractivity contribution in [1.82, 2.24) is 0 Å². The lowest BCUT2D eigenvalue weighted by atomic mass is 9.74. The standard InChI is InChI=1S/C11H18O2/c1-8(2)7-11(9(3)4)5-6-13-10(11)12/h8H,3,5-7H2,1-2,4H3/t11-/m0/s1. The molecule has 2 nitrogen and oxygen atoms in total. The van der Waals surface area contributed by atoms with Crippen LogP contribution in [0, 0.1) is 11.3 Å². The molecule has 1 atom stereocenters. The van der Waals surface area contributed by atoms with Gasteiger partial charge >= 0.3 is 5.97 Å². The highest BCUT2D eigenvalue weighted by Gasteiger charge is 2.45. The number of rotatable bonds is 3. The number of hydrogen-bond acceptors (Lipinski definition) is 2. The van der Waals surface area contributed by atoms with E-state index < -0.39 is 0 Å². The first-order valence-corrected chi connectivity index (χ1v) is 4.82. The van der Waals surface area contributed by atoms with Crippen molar-refractivity contribution in [2.75, 3.05) is 6.61 Å². The summed E-state index contributed by atoms with van der Waals surface area (Å²) in [6.07, 6.45) is 1.67. The quantitative estimate of drug-likeness (QED) is 0.495. The molecule has 0 aliphatic carbocycles. The lowest BCUT2D eigenvalue weighted by Gasteiger charge is -2.26. The number of carbonyl (C=O) groups is 1. The third kappa shape index (κ3) is 1.77. The van der Waals surface area contributed by atoms with E-state index in [0.29, 0.717) is 12.5 Å². The van der Waals surface area contributed by atoms with Crippen LogP contribution in [-0.4, -0.2) is 12.6 Å². The average molecular weight is 182 g/mol. The number of ether oxygens (including phenoxy) is 1. The highest BCUT2D eigenvalue weighted by atomic mass is 16.5. The fourth-order valence-electron chi connectivity index (χ4n) is 2.00. The molecule has 0 radical (unpaired) electrons. The topological polar surface area (TPSA) is 26.3 Å². The molecule has 0 aromatic rings. The summed E-state index contributed by atoms with van der Waals surface area (Å²) in [5.74, 6) is 0.427. The van der Waals surface area contributed by atoms with E-state index in [0.717, 1.165) is 18.4 Å². The van der Waals surface area contributed by atoms with Crippen molar-refractivity contribution >= 4 is 5.97 Å². The van der Waals surface area contributed by atoms with E-state index in [1.54, 1.807) is 0 Å². The Balaban J connectivity index is 2.87. The molecule has 1 fully saturated rings. The van der Waals surface area contributed by atoms with E-state index in [2.05, 4.69) is 20.4 Å². The van der Waals surface area contributed by atoms with Crippen LogP contribution < -0.4 is 0 Å². The summed E-state index contributed by atoms with van der Waals surface area (Å²) >= 11 is 0. The minimum Gasteiger partial charge on any atom is -0.465 e. The molecule has 13 heavy (non-hydrogen) atoms. The zero-order valence-electron chi connectivity index (χ0n) is 8.72. The second-order valence-corrected chi connectivity index (χ2v) is 4.35. The Morgan fingerprint density at radius 2 is 2.31 bits per heavy atom. The fraction of sp³-hybridized carbons (Fsp3) is 0.727. The van der Waals surface area contributed by atoms with Crippen molar-refractivity contribution in [3.63, 3.8) is 0 Å². The Morgan fingerprint density at radius 1 is 1.69 bits per heavy atom. The summed E-state index contributed by atoms with van der Waals surface area (Å²) in [7, 11) is 0. The summed E-state index contributed by atoms with van der Waals surface area (Å²) in [5.41, 5.74) is 0.567. The second-order valence-electron chi connectivity index (χ2n) is 4.35. The summed E-state index contributed by atoms with van der Waals surface area (Å²) in [5, 5.41) is 0. The van der Waals surface area contributed by atoms with Crippen LogP contribution in [0.5, 0.6) is 0 Å². The van der Waals surface area contributed by atoms with Crippen LogP contribution in [0.4, 0.5) is 0 Å². The summed E-state index contributed by atoms with van der Waals surface area (Å²) in [6.45, 7) is 10.6. The molecule has 0 N–H and O–H groups in total. The molecule has 0 aromatic heterocycles. The molecule has 1 aliphatic rings. The molecule has 2 heteroatoms. The first kappa shape index (κ1) is 10.3. The van der Waals surface area contributed by atoms with Crippen molar-refractivity contribution < 1.29 is 9.53 Å². The number of cyclic esters (lactones) is 1. The number of hydrogen-bond donors (Lipinski definition) is 0. The van der Waals surface area contributed by atoms with Gasteiger partial charge in [0, 0.05) is 6.42 Å². The third-order valence-electron chi connectivity index (χ3n) is 2.73. The van der Waals surface area contributed by atoms with Gasteiger partial charge in [-0.1, -0.05) is 26.0 Å². The van der Waals surface area contributed by atoms with Crippen LogP contribution in [0.1, 0.15) is 33.6 Å². The Morgan fingerprint density at radius 3 is 2.62 bits per heavy atom. The lowest BCUT2D eigenvalue weighted by Crippen LogP contribution is -2.29. The van der Waals surface area contributed by atoms with Gasteiger partial charge in [0.15, 0.2) is 0 Å². The number of carbonyl (C=O) groups excluding carboxylic acids is 1. The Hall–Kier alpha value is -0.790. The van der Waals surface area contributed by atoms with Gasteiger partial charge in [0.05, 0.1) is 12.0 Å². The first-order valence-electron chi connectivity index (χ1n) is 4.82. The first-order chi connectivity index (χ1) is 5.99. The molecule has 0 bridgehead atoms. The van der Waals surface area contributed by atoms with Gasteiger partial charge in [-0.25, -0.2) is 0 Å². The van der Waals surface area contributed by atoms with Crippen LogP contribution >= 0.6 is 0 Å². The minimum atomic E-state index is -0.381. The minimum absolute atomic E-state index is 0.0753. The molecule has 1 aliphatic heterocycles. The van der Waals surface area contributed by atoms with E-state index in [9.17, 15) is 4.79 Å². The molecule has 74 valence electrons. The van der Waals surface area contributed by atoms with Crippen molar-refractivity contribution in [1.29, 1.82) is 0 Å². The van der Waals surface area contributed by atoms with Crippen molar-refractivity contribution in [3.8, 4) is 0 Å². The molecule has 0 saturated carbocycles. The van der Waals surface area contributed by atoms with Gasteiger partial charge in [-0.2, -0.15) is 0 Å². The average Bonchev–Trinajstić information content (AvgIpc) is 2.32. The molecule has 1 heterocycles. The molecule has 1 rings (SSSR count). The van der Waals surface area contributed by atoms with Crippen molar-refractivity contribution in [3.05, 3.63) is 12.2 Å². The van der Waals surface area contributed by atoms with Gasteiger partial charge in [0.1, 0.15) is 0 Å². The normalized spacial score (nSPS) is 27.8. The highest BCUT2D eigenvalue weighted by molar-refractivity contribution is 5.82. The van der Waals surface area contributed by atoms with Crippen LogP contribution in [0.2, 0.25) is 0 Å². The predicted octanol–water partition coefficient (Wildman–Crippen LogP) is 2.54. The smallest absolute Gasteiger partial charge is 0.316 e. The third-order valence-corrected chi connectivity index (χ3v) is 2.73. The van der Waals surface area contributed by atoms with Gasteiger partial charge in [-0.3, -0.25) is 4.79 Å². The van der Waals surface area contributed by atoms with Crippen LogP contribution in [-0.2, 0) is 9.53 Å². The van der Waals surface area contributed by atoms with Gasteiger partial charge < -0.3 is 4.74 Å². The van der Waals surface area contributed by atoms with Crippen LogP contribution in [0.15, 0.2) is 12.2 Å². The zero-order valence-corrected chi connectivity index (χ0v) is 8.72. The maximum atomic E-state index is 11.6. The Labute approximate surface area is 80.0 Å². The molecule has 0 amide bonds.